The molecule has 0 aliphatic carbocycles. The Morgan fingerprint density at radius 3 is 2.87 bits per heavy atom. The Bertz CT molecular complexity index is 204. The van der Waals surface area contributed by atoms with Gasteiger partial charge in [0.1, 0.15) is 0 Å². The predicted octanol–water partition coefficient (Wildman–Crippen LogP) is 1.49. The first-order valence-electron chi connectivity index (χ1n) is 6.04. The Hall–Kier alpha value is -0.570. The van der Waals surface area contributed by atoms with E-state index in [2.05, 4.69) is 24.1 Å². The molecule has 0 spiro atoms. The molecule has 1 atom stereocenters. The first-order chi connectivity index (χ1) is 7.08. The highest BCUT2D eigenvalue weighted by molar-refractivity contribution is 5.72. The summed E-state index contributed by atoms with van der Waals surface area (Å²) in [6.45, 7) is 10.5. The topological polar surface area (TPSA) is 32.3 Å². The van der Waals surface area contributed by atoms with Gasteiger partial charge in [-0.1, -0.05) is 13.8 Å². The highest BCUT2D eigenvalue weighted by Crippen LogP contribution is 2.16. The molecule has 0 radical (unpaired) electrons. The maximum Gasteiger partial charge on any atom is 0.216 e. The number of likely N-dealkylation sites (tertiary alicyclic amines) is 1. The van der Waals surface area contributed by atoms with Crippen LogP contribution in [-0.4, -0.2) is 37.0 Å². The van der Waals surface area contributed by atoms with Crippen molar-refractivity contribution in [1.29, 1.82) is 0 Å². The maximum atomic E-state index is 10.8. The minimum Gasteiger partial charge on any atom is -0.356 e. The SMILES string of the molecule is CC(=O)NCC1CCCN(CC(C)C)C1. The van der Waals surface area contributed by atoms with E-state index >= 15 is 0 Å². The van der Waals surface area contributed by atoms with Crippen LogP contribution in [0.2, 0.25) is 0 Å². The van der Waals surface area contributed by atoms with Gasteiger partial charge >= 0.3 is 0 Å². The fourth-order valence-electron chi connectivity index (χ4n) is 2.29. The lowest BCUT2D eigenvalue weighted by atomic mass is 9.97. The average molecular weight is 212 g/mol. The van der Waals surface area contributed by atoms with Crippen LogP contribution in [0.5, 0.6) is 0 Å². The smallest absolute Gasteiger partial charge is 0.216 e. The van der Waals surface area contributed by atoms with Crippen LogP contribution in [0, 0.1) is 11.8 Å². The summed E-state index contributed by atoms with van der Waals surface area (Å²) in [6, 6.07) is 0. The summed E-state index contributed by atoms with van der Waals surface area (Å²) in [6.07, 6.45) is 2.53. The molecule has 1 saturated heterocycles. The lowest BCUT2D eigenvalue weighted by Gasteiger charge is -2.33. The molecule has 1 rings (SSSR count). The number of carbonyl (C=O) groups excluding carboxylic acids is 1. The van der Waals surface area contributed by atoms with Crippen LogP contribution in [-0.2, 0) is 4.79 Å². The van der Waals surface area contributed by atoms with Crippen molar-refractivity contribution in [2.24, 2.45) is 11.8 Å². The maximum absolute atomic E-state index is 10.8. The largest absolute Gasteiger partial charge is 0.356 e. The molecule has 0 aromatic carbocycles. The van der Waals surface area contributed by atoms with Gasteiger partial charge in [-0.3, -0.25) is 4.79 Å². The van der Waals surface area contributed by atoms with Crippen molar-refractivity contribution < 1.29 is 4.79 Å². The second kappa shape index (κ2) is 6.11. The number of amides is 1. The van der Waals surface area contributed by atoms with Crippen LogP contribution in [0.3, 0.4) is 0 Å². The number of nitrogens with zero attached hydrogens (tertiary/aromatic N) is 1. The third-order valence-electron chi connectivity index (χ3n) is 2.87. The second-order valence-electron chi connectivity index (χ2n) is 5.10. The minimum atomic E-state index is 0.0935. The van der Waals surface area contributed by atoms with Crippen molar-refractivity contribution >= 4 is 5.91 Å². The fourth-order valence-corrected chi connectivity index (χ4v) is 2.29. The highest BCUT2D eigenvalue weighted by Gasteiger charge is 2.20. The molecule has 1 unspecified atom stereocenters. The summed E-state index contributed by atoms with van der Waals surface area (Å²) in [4.78, 5) is 13.3. The monoisotopic (exact) mass is 212 g/mol. The number of carbonyl (C=O) groups is 1. The first-order valence-corrected chi connectivity index (χ1v) is 6.04. The number of hydrogen-bond donors (Lipinski definition) is 1. The van der Waals surface area contributed by atoms with Crippen LogP contribution in [0.4, 0.5) is 0 Å². The van der Waals surface area contributed by atoms with Crippen molar-refractivity contribution in [3.05, 3.63) is 0 Å². The molecule has 0 saturated carbocycles. The number of piperidine rings is 1. The Morgan fingerprint density at radius 2 is 2.27 bits per heavy atom. The molecule has 0 aromatic rings. The van der Waals surface area contributed by atoms with Gasteiger partial charge in [-0.25, -0.2) is 0 Å². The highest BCUT2D eigenvalue weighted by atomic mass is 16.1. The van der Waals surface area contributed by atoms with Crippen LogP contribution in [0.25, 0.3) is 0 Å². The van der Waals surface area contributed by atoms with Gasteiger partial charge in [0.05, 0.1) is 0 Å². The molecule has 1 aliphatic heterocycles. The summed E-state index contributed by atoms with van der Waals surface area (Å²) >= 11 is 0. The Morgan fingerprint density at radius 1 is 1.53 bits per heavy atom. The lowest BCUT2D eigenvalue weighted by molar-refractivity contribution is -0.119. The molecule has 1 aliphatic rings. The lowest BCUT2D eigenvalue weighted by Crippen LogP contribution is -2.41. The molecule has 1 N–H and O–H groups in total. The molecule has 0 bridgehead atoms. The first kappa shape index (κ1) is 12.5. The van der Waals surface area contributed by atoms with Gasteiger partial charge in [0.25, 0.3) is 0 Å². The van der Waals surface area contributed by atoms with Gasteiger partial charge in [0.15, 0.2) is 0 Å². The van der Waals surface area contributed by atoms with Crippen molar-refractivity contribution in [3.8, 4) is 0 Å². The Kier molecular flexibility index (Phi) is 5.09. The molecule has 88 valence electrons. The van der Waals surface area contributed by atoms with Crippen molar-refractivity contribution in [2.45, 2.75) is 33.6 Å². The van der Waals surface area contributed by atoms with E-state index in [1.807, 2.05) is 0 Å². The van der Waals surface area contributed by atoms with Crippen molar-refractivity contribution in [3.63, 3.8) is 0 Å². The Balaban J connectivity index is 2.25. The molecule has 0 aromatic heterocycles. The molecular formula is C12H24N2O. The van der Waals surface area contributed by atoms with Gasteiger partial charge in [-0.15, -0.1) is 0 Å². The van der Waals surface area contributed by atoms with Gasteiger partial charge in [0, 0.05) is 26.6 Å². The standard InChI is InChI=1S/C12H24N2O/c1-10(2)8-14-6-4-5-12(9-14)7-13-11(3)15/h10,12H,4-9H2,1-3H3,(H,13,15). The zero-order chi connectivity index (χ0) is 11.3. The molecule has 15 heavy (non-hydrogen) atoms. The predicted molar refractivity (Wildman–Crippen MR) is 62.7 cm³/mol. The summed E-state index contributed by atoms with van der Waals surface area (Å²) in [5.74, 6) is 1.49. The zero-order valence-electron chi connectivity index (χ0n) is 10.3. The molecule has 1 heterocycles. The van der Waals surface area contributed by atoms with Gasteiger partial charge in [-0.05, 0) is 31.2 Å². The van der Waals surface area contributed by atoms with E-state index < -0.39 is 0 Å². The second-order valence-corrected chi connectivity index (χ2v) is 5.10. The molecule has 3 nitrogen and oxygen atoms in total. The number of hydrogen-bond acceptors (Lipinski definition) is 2. The summed E-state index contributed by atoms with van der Waals surface area (Å²) in [5, 5.41) is 2.92. The van der Waals surface area contributed by atoms with Crippen molar-refractivity contribution in [2.75, 3.05) is 26.2 Å². The van der Waals surface area contributed by atoms with E-state index in [0.29, 0.717) is 5.92 Å². The summed E-state index contributed by atoms with van der Waals surface area (Å²) < 4.78 is 0. The molecule has 3 heteroatoms. The van der Waals surface area contributed by atoms with Crippen molar-refractivity contribution in [1.82, 2.24) is 10.2 Å². The number of rotatable bonds is 4. The van der Waals surface area contributed by atoms with E-state index in [1.54, 1.807) is 6.92 Å². The minimum absolute atomic E-state index is 0.0935. The van der Waals surface area contributed by atoms with E-state index in [0.717, 1.165) is 19.0 Å². The normalized spacial score (nSPS) is 23.1. The van der Waals surface area contributed by atoms with Gasteiger partial charge in [-0.2, -0.15) is 0 Å². The third kappa shape index (κ3) is 5.17. The van der Waals surface area contributed by atoms with Gasteiger partial charge in [0.2, 0.25) is 5.91 Å². The van der Waals surface area contributed by atoms with E-state index in [1.165, 1.54) is 25.9 Å². The zero-order valence-corrected chi connectivity index (χ0v) is 10.3. The Labute approximate surface area is 93.2 Å². The third-order valence-corrected chi connectivity index (χ3v) is 2.87. The molecule has 1 fully saturated rings. The summed E-state index contributed by atoms with van der Waals surface area (Å²) in [7, 11) is 0. The fraction of sp³-hybridized carbons (Fsp3) is 0.917. The molecule has 1 amide bonds. The number of nitrogens with one attached hydrogen (secondary N) is 1. The van der Waals surface area contributed by atoms with E-state index in [9.17, 15) is 4.79 Å². The van der Waals surface area contributed by atoms with Gasteiger partial charge < -0.3 is 10.2 Å². The average Bonchev–Trinajstić information content (AvgIpc) is 2.14. The molecular weight excluding hydrogens is 188 g/mol. The van der Waals surface area contributed by atoms with Crippen LogP contribution < -0.4 is 5.32 Å². The summed E-state index contributed by atoms with van der Waals surface area (Å²) in [5.41, 5.74) is 0. The van der Waals surface area contributed by atoms with E-state index in [4.69, 9.17) is 0 Å². The van der Waals surface area contributed by atoms with Crippen LogP contribution in [0.15, 0.2) is 0 Å². The van der Waals surface area contributed by atoms with Crippen LogP contribution in [0.1, 0.15) is 33.6 Å². The van der Waals surface area contributed by atoms with E-state index in [-0.39, 0.29) is 5.91 Å². The van der Waals surface area contributed by atoms with Crippen LogP contribution >= 0.6 is 0 Å². The quantitative estimate of drug-likeness (QED) is 0.766.